The Morgan fingerprint density at radius 1 is 1.31 bits per heavy atom. The van der Waals surface area contributed by atoms with Crippen molar-refractivity contribution in [2.45, 2.75) is 39.0 Å². The van der Waals surface area contributed by atoms with E-state index in [9.17, 15) is 4.79 Å². The molecule has 0 radical (unpaired) electrons. The molecule has 5 nitrogen and oxygen atoms in total. The smallest absolute Gasteiger partial charge is 0.232 e. The largest absolute Gasteiger partial charge is 0.345 e. The molecule has 2 rings (SSSR count). The van der Waals surface area contributed by atoms with Gasteiger partial charge in [-0.2, -0.15) is 0 Å². The van der Waals surface area contributed by atoms with Crippen molar-refractivity contribution >= 4 is 48.1 Å². The highest BCUT2D eigenvalue weighted by Gasteiger charge is 2.13. The molecule has 0 aliphatic heterocycles. The average molecular weight is 421 g/mol. The summed E-state index contributed by atoms with van der Waals surface area (Å²) in [6, 6.07) is 4.22. The molecule has 0 aliphatic carbocycles. The summed E-state index contributed by atoms with van der Waals surface area (Å²) in [5.74, 6) is 1.81. The summed E-state index contributed by atoms with van der Waals surface area (Å²) in [7, 11) is 1.85. The van der Waals surface area contributed by atoms with Crippen LogP contribution >= 0.6 is 36.6 Å². The molecule has 2 N–H and O–H groups in total. The SMILES string of the molecule is Cc1ccc2nc(CSCC(=O)N(C)CCC(N)C(C)C)cn2c1.Cl.Cl. The zero-order valence-electron chi connectivity index (χ0n) is 15.8. The second-order valence-corrected chi connectivity index (χ2v) is 7.69. The minimum Gasteiger partial charge on any atom is -0.345 e. The van der Waals surface area contributed by atoms with Crippen molar-refractivity contribution in [2.75, 3.05) is 19.3 Å². The molecule has 0 saturated carbocycles. The number of carbonyl (C=O) groups is 1. The van der Waals surface area contributed by atoms with Gasteiger partial charge in [0.05, 0.1) is 11.4 Å². The first-order valence-electron chi connectivity index (χ1n) is 8.38. The first-order valence-corrected chi connectivity index (χ1v) is 9.54. The van der Waals surface area contributed by atoms with Crippen molar-refractivity contribution in [3.8, 4) is 0 Å². The molecule has 2 heterocycles. The lowest BCUT2D eigenvalue weighted by atomic mass is 10.0. The minimum atomic E-state index is 0. The maximum atomic E-state index is 12.2. The number of pyridine rings is 1. The highest BCUT2D eigenvalue weighted by atomic mass is 35.5. The number of nitrogens with two attached hydrogens (primary N) is 1. The molecule has 2 aromatic heterocycles. The highest BCUT2D eigenvalue weighted by molar-refractivity contribution is 7.99. The molecule has 0 fully saturated rings. The third kappa shape index (κ3) is 7.35. The molecule has 26 heavy (non-hydrogen) atoms. The van der Waals surface area contributed by atoms with Gasteiger partial charge in [0, 0.05) is 37.8 Å². The van der Waals surface area contributed by atoms with Gasteiger partial charge in [0.1, 0.15) is 5.65 Å². The van der Waals surface area contributed by atoms with E-state index in [2.05, 4.69) is 38.0 Å². The molecule has 0 saturated heterocycles. The molecule has 0 aromatic carbocycles. The van der Waals surface area contributed by atoms with Gasteiger partial charge in [-0.1, -0.05) is 19.9 Å². The van der Waals surface area contributed by atoms with Gasteiger partial charge in [-0.05, 0) is 30.9 Å². The summed E-state index contributed by atoms with van der Waals surface area (Å²) in [6.45, 7) is 7.00. The quantitative estimate of drug-likeness (QED) is 0.708. The van der Waals surface area contributed by atoms with E-state index >= 15 is 0 Å². The Labute approximate surface area is 172 Å². The van der Waals surface area contributed by atoms with Crippen LogP contribution in [0.15, 0.2) is 24.5 Å². The molecular formula is C18H30Cl2N4OS. The van der Waals surface area contributed by atoms with Crippen molar-refractivity contribution in [3.63, 3.8) is 0 Å². The average Bonchev–Trinajstić information content (AvgIpc) is 2.93. The molecule has 1 amide bonds. The Morgan fingerprint density at radius 2 is 2.00 bits per heavy atom. The lowest BCUT2D eigenvalue weighted by Crippen LogP contribution is -2.35. The van der Waals surface area contributed by atoms with E-state index in [0.29, 0.717) is 18.2 Å². The second kappa shape index (κ2) is 11.7. The number of hydrogen-bond donors (Lipinski definition) is 1. The van der Waals surface area contributed by atoms with Gasteiger partial charge < -0.3 is 15.0 Å². The number of halogens is 2. The number of aromatic nitrogens is 2. The van der Waals surface area contributed by atoms with E-state index in [0.717, 1.165) is 23.5 Å². The van der Waals surface area contributed by atoms with E-state index in [-0.39, 0.29) is 36.8 Å². The fourth-order valence-corrected chi connectivity index (χ4v) is 3.22. The summed E-state index contributed by atoms with van der Waals surface area (Å²) < 4.78 is 2.03. The Morgan fingerprint density at radius 3 is 2.65 bits per heavy atom. The predicted octanol–water partition coefficient (Wildman–Crippen LogP) is 3.55. The van der Waals surface area contributed by atoms with E-state index in [1.54, 1.807) is 16.7 Å². The molecule has 0 aliphatic rings. The maximum Gasteiger partial charge on any atom is 0.232 e. The Bertz CT molecular complexity index is 693. The number of hydrogen-bond acceptors (Lipinski definition) is 4. The van der Waals surface area contributed by atoms with Crippen LogP contribution in [0, 0.1) is 12.8 Å². The van der Waals surface area contributed by atoms with E-state index in [1.807, 2.05) is 23.7 Å². The van der Waals surface area contributed by atoms with Crippen LogP contribution in [0.5, 0.6) is 0 Å². The lowest BCUT2D eigenvalue weighted by Gasteiger charge is -2.21. The van der Waals surface area contributed by atoms with E-state index < -0.39 is 0 Å². The van der Waals surface area contributed by atoms with Crippen molar-refractivity contribution in [2.24, 2.45) is 11.7 Å². The minimum absolute atomic E-state index is 0. The van der Waals surface area contributed by atoms with Gasteiger partial charge in [-0.3, -0.25) is 4.79 Å². The van der Waals surface area contributed by atoms with Gasteiger partial charge in [0.2, 0.25) is 5.91 Å². The van der Waals surface area contributed by atoms with Crippen LogP contribution in [0.2, 0.25) is 0 Å². The van der Waals surface area contributed by atoms with Gasteiger partial charge in [-0.25, -0.2) is 4.98 Å². The topological polar surface area (TPSA) is 63.6 Å². The van der Waals surface area contributed by atoms with Crippen LogP contribution in [0.1, 0.15) is 31.5 Å². The fourth-order valence-electron chi connectivity index (χ4n) is 2.38. The normalized spacial score (nSPS) is 11.8. The number of aryl methyl sites for hydroxylation is 1. The summed E-state index contributed by atoms with van der Waals surface area (Å²) in [6.07, 6.45) is 4.94. The Balaban J connectivity index is 0.00000312. The molecule has 0 bridgehead atoms. The number of nitrogens with zero attached hydrogens (tertiary/aromatic N) is 3. The first-order chi connectivity index (χ1) is 11.4. The third-order valence-corrected chi connectivity index (χ3v) is 5.16. The lowest BCUT2D eigenvalue weighted by molar-refractivity contribution is -0.127. The predicted molar refractivity (Wildman–Crippen MR) is 116 cm³/mol. The molecule has 0 spiro atoms. The van der Waals surface area contributed by atoms with Gasteiger partial charge in [-0.15, -0.1) is 36.6 Å². The van der Waals surface area contributed by atoms with Gasteiger partial charge >= 0.3 is 0 Å². The number of amides is 1. The van der Waals surface area contributed by atoms with Gasteiger partial charge in [0.15, 0.2) is 0 Å². The number of imidazole rings is 1. The summed E-state index contributed by atoms with van der Waals surface area (Å²) in [5, 5.41) is 0. The second-order valence-electron chi connectivity index (χ2n) is 6.71. The fraction of sp³-hybridized carbons (Fsp3) is 0.556. The number of thioether (sulfide) groups is 1. The van der Waals surface area contributed by atoms with Gasteiger partial charge in [0.25, 0.3) is 0 Å². The Kier molecular flexibility index (Phi) is 11.3. The standard InChI is InChI=1S/C18H28N4OS.2ClH/c1-13(2)16(19)7-8-21(4)18(23)12-24-11-15-10-22-9-14(3)5-6-17(22)20-15;;/h5-6,9-10,13,16H,7-8,11-12,19H2,1-4H3;2*1H. The van der Waals surface area contributed by atoms with Crippen molar-refractivity contribution < 1.29 is 4.79 Å². The molecule has 1 atom stereocenters. The molecular weight excluding hydrogens is 391 g/mol. The van der Waals surface area contributed by atoms with E-state index in [1.165, 1.54) is 5.56 Å². The first kappa shape index (κ1) is 25.1. The Hall–Kier alpha value is -0.950. The third-order valence-electron chi connectivity index (χ3n) is 4.20. The van der Waals surface area contributed by atoms with Crippen molar-refractivity contribution in [1.29, 1.82) is 0 Å². The van der Waals surface area contributed by atoms with Crippen LogP contribution in [0.4, 0.5) is 0 Å². The molecule has 148 valence electrons. The van der Waals surface area contributed by atoms with Crippen LogP contribution in [-0.2, 0) is 10.5 Å². The monoisotopic (exact) mass is 420 g/mol. The number of fused-ring (bicyclic) bond motifs is 1. The zero-order valence-corrected chi connectivity index (χ0v) is 18.3. The van der Waals surface area contributed by atoms with Crippen LogP contribution < -0.4 is 5.73 Å². The van der Waals surface area contributed by atoms with Crippen LogP contribution in [0.25, 0.3) is 5.65 Å². The van der Waals surface area contributed by atoms with Crippen LogP contribution in [-0.4, -0.2) is 45.6 Å². The summed E-state index contributed by atoms with van der Waals surface area (Å²) in [4.78, 5) is 18.5. The van der Waals surface area contributed by atoms with Crippen LogP contribution in [0.3, 0.4) is 0 Å². The molecule has 1 unspecified atom stereocenters. The van der Waals surface area contributed by atoms with Crippen molar-refractivity contribution in [3.05, 3.63) is 35.8 Å². The highest BCUT2D eigenvalue weighted by Crippen LogP contribution is 2.14. The summed E-state index contributed by atoms with van der Waals surface area (Å²) in [5.41, 5.74) is 9.19. The molecule has 8 heteroatoms. The van der Waals surface area contributed by atoms with E-state index in [4.69, 9.17) is 5.73 Å². The molecule has 2 aromatic rings. The van der Waals surface area contributed by atoms with Crippen molar-refractivity contribution in [1.82, 2.24) is 14.3 Å². The zero-order chi connectivity index (χ0) is 17.7. The number of rotatable bonds is 8. The maximum absolute atomic E-state index is 12.2. The number of carbonyl (C=O) groups excluding carboxylic acids is 1. The summed E-state index contributed by atoms with van der Waals surface area (Å²) >= 11 is 1.60.